The van der Waals surface area contributed by atoms with E-state index in [0.717, 1.165) is 41.6 Å². The van der Waals surface area contributed by atoms with Crippen molar-refractivity contribution in [1.82, 2.24) is 14.8 Å². The quantitative estimate of drug-likeness (QED) is 0.200. The van der Waals surface area contributed by atoms with E-state index in [1.165, 1.54) is 18.3 Å². The van der Waals surface area contributed by atoms with Crippen LogP contribution < -0.4 is 10.3 Å². The number of halogens is 6. The number of hydrogen-bond donors (Lipinski definition) is 0. The summed E-state index contributed by atoms with van der Waals surface area (Å²) in [5.74, 6) is -0.563. The molecule has 0 saturated heterocycles. The fourth-order valence-electron chi connectivity index (χ4n) is 5.14. The van der Waals surface area contributed by atoms with Crippen LogP contribution in [0.15, 0.2) is 77.7 Å². The number of pyridine rings is 1. The van der Waals surface area contributed by atoms with Gasteiger partial charge in [0.1, 0.15) is 5.82 Å². The van der Waals surface area contributed by atoms with Crippen LogP contribution in [-0.2, 0) is 12.7 Å². The molecule has 5 nitrogen and oxygen atoms in total. The molecule has 0 atom stereocenters. The van der Waals surface area contributed by atoms with Gasteiger partial charge in [0.2, 0.25) is 5.88 Å². The average molecular weight is 604 g/mol. The third kappa shape index (κ3) is 8.46. The molecule has 1 fully saturated rings. The van der Waals surface area contributed by atoms with E-state index in [9.17, 15) is 31.1 Å². The molecule has 0 N–H and O–H groups in total. The second kappa shape index (κ2) is 14.3. The van der Waals surface area contributed by atoms with Gasteiger partial charge in [-0.05, 0) is 61.1 Å². The monoisotopic (exact) mass is 603 g/mol. The highest BCUT2D eigenvalue weighted by atomic mass is 19.4. The van der Waals surface area contributed by atoms with Crippen molar-refractivity contribution >= 4 is 0 Å². The molecule has 228 valence electrons. The minimum Gasteiger partial charge on any atom is -0.470 e. The summed E-state index contributed by atoms with van der Waals surface area (Å²) in [4.78, 5) is 17.5. The van der Waals surface area contributed by atoms with Crippen LogP contribution in [0.1, 0.15) is 60.4 Å². The fraction of sp³-hybridized carbons (Fsp3) is 0.344. The molecule has 0 bridgehead atoms. The van der Waals surface area contributed by atoms with Gasteiger partial charge in [0.15, 0.2) is 6.61 Å². The van der Waals surface area contributed by atoms with Gasteiger partial charge >= 0.3 is 6.18 Å². The number of hydrogen-bond acceptors (Lipinski definition) is 4. The highest BCUT2D eigenvalue weighted by Crippen LogP contribution is 2.40. The van der Waals surface area contributed by atoms with Crippen LogP contribution in [0, 0.1) is 12.7 Å². The van der Waals surface area contributed by atoms with Gasteiger partial charge in [0.05, 0.1) is 23.4 Å². The molecule has 2 aromatic carbocycles. The van der Waals surface area contributed by atoms with E-state index in [1.54, 1.807) is 36.4 Å². The van der Waals surface area contributed by atoms with E-state index in [1.807, 2.05) is 13.0 Å². The largest absolute Gasteiger partial charge is 0.470 e. The molecule has 2 aromatic heterocycles. The first-order valence-corrected chi connectivity index (χ1v) is 13.9. The molecule has 1 saturated carbocycles. The second-order valence-corrected chi connectivity index (χ2v) is 10.3. The van der Waals surface area contributed by atoms with Crippen LogP contribution in [0.3, 0.4) is 0 Å². The third-order valence-corrected chi connectivity index (χ3v) is 7.06. The van der Waals surface area contributed by atoms with Gasteiger partial charge in [-0.3, -0.25) is 9.78 Å². The number of aryl methyl sites for hydroxylation is 1. The van der Waals surface area contributed by atoms with Gasteiger partial charge in [-0.25, -0.2) is 17.9 Å². The second-order valence-electron chi connectivity index (χ2n) is 10.3. The molecule has 0 aliphatic heterocycles. The van der Waals surface area contributed by atoms with E-state index < -0.39 is 42.6 Å². The molecule has 1 aliphatic carbocycles. The topological polar surface area (TPSA) is 57.0 Å². The minimum absolute atomic E-state index is 0.162. The Bertz CT molecular complexity index is 1530. The molecule has 0 unspecified atom stereocenters. The molecule has 0 radical (unpaired) electrons. The van der Waals surface area contributed by atoms with Crippen molar-refractivity contribution in [3.05, 3.63) is 111 Å². The van der Waals surface area contributed by atoms with Gasteiger partial charge in [0.25, 0.3) is 12.0 Å². The first-order chi connectivity index (χ1) is 20.5. The van der Waals surface area contributed by atoms with Gasteiger partial charge in [-0.15, -0.1) is 5.10 Å². The van der Waals surface area contributed by atoms with E-state index in [-0.39, 0.29) is 17.6 Å². The maximum atomic E-state index is 13.7. The Morgan fingerprint density at radius 2 is 1.70 bits per heavy atom. The van der Waals surface area contributed by atoms with E-state index >= 15 is 0 Å². The highest BCUT2D eigenvalue weighted by Gasteiger charge is 2.35. The molecule has 2 heterocycles. The number of rotatable bonds is 7. The Labute approximate surface area is 245 Å². The Morgan fingerprint density at radius 1 is 0.977 bits per heavy atom. The molecule has 0 spiro atoms. The van der Waals surface area contributed by atoms with Crippen LogP contribution >= 0.6 is 0 Å². The van der Waals surface area contributed by atoms with E-state index in [4.69, 9.17) is 4.74 Å². The third-order valence-electron chi connectivity index (χ3n) is 7.06. The summed E-state index contributed by atoms with van der Waals surface area (Å²) in [6.07, 6.45) is -2.11. The molecule has 11 heteroatoms. The Morgan fingerprint density at radius 3 is 2.30 bits per heavy atom. The minimum atomic E-state index is -4.68. The Kier molecular flexibility index (Phi) is 10.6. The lowest BCUT2D eigenvalue weighted by atomic mass is 9.81. The lowest BCUT2D eigenvalue weighted by molar-refractivity contribution is -0.138. The van der Waals surface area contributed by atoms with Crippen molar-refractivity contribution in [2.45, 2.75) is 64.1 Å². The Balaban J connectivity index is 0.000000458. The van der Waals surface area contributed by atoms with Crippen LogP contribution in [0.5, 0.6) is 5.88 Å². The normalized spacial score (nSPS) is 13.9. The maximum Gasteiger partial charge on any atom is 0.418 e. The molecular weight excluding hydrogens is 572 g/mol. The van der Waals surface area contributed by atoms with Crippen molar-refractivity contribution in [1.29, 1.82) is 0 Å². The van der Waals surface area contributed by atoms with Gasteiger partial charge in [-0.2, -0.15) is 13.2 Å². The molecule has 5 rings (SSSR count). The maximum absolute atomic E-state index is 13.7. The number of alkyl halides is 5. The van der Waals surface area contributed by atoms with Crippen molar-refractivity contribution in [3.63, 3.8) is 0 Å². The van der Waals surface area contributed by atoms with Crippen molar-refractivity contribution < 1.29 is 31.1 Å². The summed E-state index contributed by atoms with van der Waals surface area (Å²) in [5.41, 5.74) is 0.231. The zero-order valence-corrected chi connectivity index (χ0v) is 23.5. The fourth-order valence-corrected chi connectivity index (χ4v) is 5.14. The van der Waals surface area contributed by atoms with Crippen molar-refractivity contribution in [2.75, 3.05) is 6.61 Å². The van der Waals surface area contributed by atoms with Crippen LogP contribution in [0.25, 0.3) is 11.1 Å². The zero-order chi connectivity index (χ0) is 31.0. The number of benzene rings is 2. The van der Waals surface area contributed by atoms with Crippen LogP contribution in [0.4, 0.5) is 26.3 Å². The first kappa shape index (κ1) is 31.8. The molecule has 1 aliphatic rings. The molecule has 43 heavy (non-hydrogen) atoms. The van der Waals surface area contributed by atoms with E-state index in [2.05, 4.69) is 10.1 Å². The number of ether oxygens (including phenoxy) is 1. The lowest BCUT2D eigenvalue weighted by Gasteiger charge is -2.26. The summed E-state index contributed by atoms with van der Waals surface area (Å²) in [5, 5.41) is 4.14. The average Bonchev–Trinajstić information content (AvgIpc) is 2.98. The van der Waals surface area contributed by atoms with Crippen LogP contribution in [-0.4, -0.2) is 27.8 Å². The van der Waals surface area contributed by atoms with E-state index in [0.29, 0.717) is 29.5 Å². The molecule has 4 aromatic rings. The summed E-state index contributed by atoms with van der Waals surface area (Å²) in [6, 6.07) is 17.2. The summed E-state index contributed by atoms with van der Waals surface area (Å²) < 4.78 is 85.1. The first-order valence-electron chi connectivity index (χ1n) is 13.9. The van der Waals surface area contributed by atoms with Crippen LogP contribution in [0.2, 0.25) is 0 Å². The number of nitrogens with zero attached hydrogens (tertiary/aromatic N) is 3. The van der Waals surface area contributed by atoms with Gasteiger partial charge in [0, 0.05) is 11.8 Å². The van der Waals surface area contributed by atoms with Crippen molar-refractivity contribution in [3.8, 4) is 17.0 Å². The SMILES string of the molecule is Cc1cccc(F)c1.O=c1c(C2CCCCC2)c(-c2ccccc2)c(OCC(F)F)nn1Cc1ncccc1C(F)(F)F. The number of aromatic nitrogens is 3. The van der Waals surface area contributed by atoms with Crippen molar-refractivity contribution in [2.24, 2.45) is 0 Å². The lowest BCUT2D eigenvalue weighted by Crippen LogP contribution is -2.32. The molecular formula is C32H31F6N3O2. The summed E-state index contributed by atoms with van der Waals surface area (Å²) >= 11 is 0. The van der Waals surface area contributed by atoms with Gasteiger partial charge < -0.3 is 4.74 Å². The Hall–Kier alpha value is -4.15. The smallest absolute Gasteiger partial charge is 0.418 e. The van der Waals surface area contributed by atoms with Gasteiger partial charge in [-0.1, -0.05) is 61.7 Å². The standard InChI is InChI=1S/C25H24F5N3O2.C7H7F/c26-20(27)15-35-23-21(16-8-3-1-4-9-16)22(17-10-5-2-6-11-17)24(34)33(32-23)14-19-18(25(28,29)30)12-7-13-31-19;1-6-3-2-4-7(8)5-6/h1,3-4,7-9,12-13,17,20H,2,5-6,10-11,14-15H2;2-5H,1H3. The zero-order valence-electron chi connectivity index (χ0n) is 23.5. The molecule has 0 amide bonds. The predicted octanol–water partition coefficient (Wildman–Crippen LogP) is 8.20. The summed E-state index contributed by atoms with van der Waals surface area (Å²) in [6.45, 7) is 0.323. The predicted molar refractivity (Wildman–Crippen MR) is 151 cm³/mol. The highest BCUT2D eigenvalue weighted by molar-refractivity contribution is 5.72. The summed E-state index contributed by atoms with van der Waals surface area (Å²) in [7, 11) is 0.